The third-order valence-corrected chi connectivity index (χ3v) is 5.27. The van der Waals surface area contributed by atoms with E-state index in [-0.39, 0.29) is 17.7 Å². The van der Waals surface area contributed by atoms with E-state index in [2.05, 4.69) is 0 Å². The number of carbonyl (C=O) groups is 1. The van der Waals surface area contributed by atoms with Crippen molar-refractivity contribution in [3.05, 3.63) is 58.6 Å². The molecule has 4 rings (SSSR count). The first-order valence-corrected chi connectivity index (χ1v) is 9.23. The standard InChI is InChI=1S/C21H22N2O5/c1-26-16-5-3-14(4-6-16)20(24)22-11-9-15(10-12-22)23-18-13-17(27-2)7-8-19(18)28-21(23)25/h3-8,13,15H,9-12H2,1-2H3. The van der Waals surface area contributed by atoms with Gasteiger partial charge in [0.1, 0.15) is 11.5 Å². The van der Waals surface area contributed by atoms with Gasteiger partial charge >= 0.3 is 5.76 Å². The molecular weight excluding hydrogens is 360 g/mol. The topological polar surface area (TPSA) is 73.9 Å². The Hall–Kier alpha value is -3.22. The van der Waals surface area contributed by atoms with Crippen LogP contribution in [0.25, 0.3) is 11.1 Å². The van der Waals surface area contributed by atoms with E-state index in [0.29, 0.717) is 42.8 Å². The Morgan fingerprint density at radius 2 is 1.64 bits per heavy atom. The summed E-state index contributed by atoms with van der Waals surface area (Å²) in [5.41, 5.74) is 1.90. The average molecular weight is 382 g/mol. The van der Waals surface area contributed by atoms with Crippen LogP contribution in [0.1, 0.15) is 29.2 Å². The number of methoxy groups -OCH3 is 2. The highest BCUT2D eigenvalue weighted by Gasteiger charge is 2.27. The summed E-state index contributed by atoms with van der Waals surface area (Å²) in [4.78, 5) is 27.0. The Bertz CT molecular complexity index is 1040. The summed E-state index contributed by atoms with van der Waals surface area (Å²) in [5, 5.41) is 0. The Labute approximate surface area is 162 Å². The minimum atomic E-state index is -0.372. The lowest BCUT2D eigenvalue weighted by molar-refractivity contribution is 0.0694. The lowest BCUT2D eigenvalue weighted by atomic mass is 10.0. The molecule has 0 spiro atoms. The maximum atomic E-state index is 12.7. The molecule has 0 radical (unpaired) electrons. The van der Waals surface area contributed by atoms with Crippen LogP contribution in [0.15, 0.2) is 51.7 Å². The number of hydrogen-bond donors (Lipinski definition) is 0. The molecule has 28 heavy (non-hydrogen) atoms. The van der Waals surface area contributed by atoms with Crippen LogP contribution in [-0.2, 0) is 0 Å². The molecule has 1 fully saturated rings. The fraction of sp³-hybridized carbons (Fsp3) is 0.333. The zero-order valence-corrected chi connectivity index (χ0v) is 15.9. The smallest absolute Gasteiger partial charge is 0.420 e. The first-order chi connectivity index (χ1) is 13.6. The molecule has 2 heterocycles. The van der Waals surface area contributed by atoms with E-state index in [1.807, 2.05) is 11.0 Å². The molecule has 1 aromatic heterocycles. The number of fused-ring (bicyclic) bond motifs is 1. The van der Waals surface area contributed by atoms with Gasteiger partial charge in [0.15, 0.2) is 5.58 Å². The molecule has 0 saturated carbocycles. The van der Waals surface area contributed by atoms with Crippen molar-refractivity contribution in [2.24, 2.45) is 0 Å². The zero-order chi connectivity index (χ0) is 19.7. The molecule has 1 saturated heterocycles. The van der Waals surface area contributed by atoms with Gasteiger partial charge in [-0.15, -0.1) is 0 Å². The third-order valence-electron chi connectivity index (χ3n) is 5.27. The van der Waals surface area contributed by atoms with Gasteiger partial charge in [-0.05, 0) is 49.2 Å². The lowest BCUT2D eigenvalue weighted by Gasteiger charge is -2.32. The Kier molecular flexibility index (Phi) is 4.81. The van der Waals surface area contributed by atoms with Gasteiger partial charge in [-0.2, -0.15) is 0 Å². The van der Waals surface area contributed by atoms with Crippen molar-refractivity contribution in [1.82, 2.24) is 9.47 Å². The van der Waals surface area contributed by atoms with Crippen LogP contribution in [0.4, 0.5) is 0 Å². The third kappa shape index (κ3) is 3.24. The van der Waals surface area contributed by atoms with Crippen molar-refractivity contribution in [3.8, 4) is 11.5 Å². The molecule has 7 heteroatoms. The van der Waals surface area contributed by atoms with E-state index < -0.39 is 0 Å². The van der Waals surface area contributed by atoms with Gasteiger partial charge in [-0.25, -0.2) is 4.79 Å². The van der Waals surface area contributed by atoms with Gasteiger partial charge in [-0.3, -0.25) is 9.36 Å². The summed E-state index contributed by atoms with van der Waals surface area (Å²) >= 11 is 0. The number of aromatic nitrogens is 1. The van der Waals surface area contributed by atoms with Crippen LogP contribution in [0.5, 0.6) is 11.5 Å². The number of amides is 1. The summed E-state index contributed by atoms with van der Waals surface area (Å²) in [6.45, 7) is 1.16. The molecule has 2 aromatic carbocycles. The molecule has 0 bridgehead atoms. The largest absolute Gasteiger partial charge is 0.497 e. The molecule has 0 aliphatic carbocycles. The second-order valence-corrected chi connectivity index (χ2v) is 6.82. The minimum absolute atomic E-state index is 0.00725. The van der Waals surface area contributed by atoms with Crippen LogP contribution in [0.2, 0.25) is 0 Å². The molecular formula is C21H22N2O5. The number of nitrogens with zero attached hydrogens (tertiary/aromatic N) is 2. The van der Waals surface area contributed by atoms with Gasteiger partial charge in [0.25, 0.3) is 5.91 Å². The van der Waals surface area contributed by atoms with Crippen LogP contribution < -0.4 is 15.2 Å². The van der Waals surface area contributed by atoms with Crippen LogP contribution in [0.3, 0.4) is 0 Å². The van der Waals surface area contributed by atoms with Crippen LogP contribution in [0, 0.1) is 0 Å². The summed E-state index contributed by atoms with van der Waals surface area (Å²) in [6, 6.07) is 12.4. The molecule has 1 aliphatic heterocycles. The first-order valence-electron chi connectivity index (χ1n) is 9.23. The molecule has 1 aliphatic rings. The van der Waals surface area contributed by atoms with E-state index in [1.165, 1.54) is 0 Å². The number of hydrogen-bond acceptors (Lipinski definition) is 5. The summed E-state index contributed by atoms with van der Waals surface area (Å²) in [7, 11) is 3.19. The van der Waals surface area contributed by atoms with E-state index in [4.69, 9.17) is 13.9 Å². The molecule has 0 unspecified atom stereocenters. The highest BCUT2D eigenvalue weighted by atomic mass is 16.5. The van der Waals surface area contributed by atoms with Crippen molar-refractivity contribution < 1.29 is 18.7 Å². The lowest BCUT2D eigenvalue weighted by Crippen LogP contribution is -2.40. The predicted octanol–water partition coefficient (Wildman–Crippen LogP) is 3.09. The number of carbonyl (C=O) groups excluding carboxylic acids is 1. The second-order valence-electron chi connectivity index (χ2n) is 6.82. The van der Waals surface area contributed by atoms with Gasteiger partial charge < -0.3 is 18.8 Å². The number of oxazole rings is 1. The van der Waals surface area contributed by atoms with E-state index in [1.54, 1.807) is 55.2 Å². The van der Waals surface area contributed by atoms with Crippen molar-refractivity contribution in [3.63, 3.8) is 0 Å². The fourth-order valence-corrected chi connectivity index (χ4v) is 3.73. The molecule has 0 atom stereocenters. The average Bonchev–Trinajstić information content (AvgIpc) is 3.08. The normalized spacial score (nSPS) is 15.0. The molecule has 1 amide bonds. The number of rotatable bonds is 4. The summed E-state index contributed by atoms with van der Waals surface area (Å²) in [6.07, 6.45) is 1.38. The molecule has 146 valence electrons. The number of benzene rings is 2. The number of ether oxygens (including phenoxy) is 2. The molecule has 7 nitrogen and oxygen atoms in total. The number of piperidine rings is 1. The predicted molar refractivity (Wildman–Crippen MR) is 104 cm³/mol. The van der Waals surface area contributed by atoms with E-state index in [0.717, 1.165) is 11.3 Å². The van der Waals surface area contributed by atoms with Gasteiger partial charge in [0.05, 0.1) is 19.7 Å². The SMILES string of the molecule is COc1ccc(C(=O)N2CCC(n3c(=O)oc4ccc(OC)cc43)CC2)cc1. The van der Waals surface area contributed by atoms with Gasteiger partial charge in [0.2, 0.25) is 0 Å². The molecule has 0 N–H and O–H groups in total. The second kappa shape index (κ2) is 7.42. The fourth-order valence-electron chi connectivity index (χ4n) is 3.73. The van der Waals surface area contributed by atoms with Crippen LogP contribution >= 0.6 is 0 Å². The first kappa shape index (κ1) is 18.2. The Morgan fingerprint density at radius 1 is 1.00 bits per heavy atom. The van der Waals surface area contributed by atoms with Crippen molar-refractivity contribution in [2.75, 3.05) is 27.3 Å². The van der Waals surface area contributed by atoms with Gasteiger partial charge in [-0.1, -0.05) is 0 Å². The maximum absolute atomic E-state index is 12.7. The number of likely N-dealkylation sites (tertiary alicyclic amines) is 1. The highest BCUT2D eigenvalue weighted by Crippen LogP contribution is 2.28. The Balaban J connectivity index is 1.51. The zero-order valence-electron chi connectivity index (χ0n) is 15.9. The van der Waals surface area contributed by atoms with E-state index in [9.17, 15) is 9.59 Å². The van der Waals surface area contributed by atoms with Crippen molar-refractivity contribution in [2.45, 2.75) is 18.9 Å². The minimum Gasteiger partial charge on any atom is -0.497 e. The quantitative estimate of drug-likeness (QED) is 0.693. The summed E-state index contributed by atoms with van der Waals surface area (Å²) < 4.78 is 17.5. The van der Waals surface area contributed by atoms with Crippen molar-refractivity contribution in [1.29, 1.82) is 0 Å². The monoisotopic (exact) mass is 382 g/mol. The van der Waals surface area contributed by atoms with Crippen molar-refractivity contribution >= 4 is 17.0 Å². The van der Waals surface area contributed by atoms with E-state index >= 15 is 0 Å². The summed E-state index contributed by atoms with van der Waals surface area (Å²) in [5.74, 6) is 1.02. The maximum Gasteiger partial charge on any atom is 0.420 e. The van der Waals surface area contributed by atoms with Gasteiger partial charge in [0, 0.05) is 30.8 Å². The van der Waals surface area contributed by atoms with Crippen LogP contribution in [-0.4, -0.2) is 42.7 Å². The molecule has 3 aromatic rings. The highest BCUT2D eigenvalue weighted by molar-refractivity contribution is 5.94. The Morgan fingerprint density at radius 3 is 2.29 bits per heavy atom.